The summed E-state index contributed by atoms with van der Waals surface area (Å²) >= 11 is 13.8. The number of ether oxygens (including phenoxy) is 3. The fraction of sp³-hybridized carbons (Fsp3) is 0.409. The molecule has 1 aromatic heterocycles. The van der Waals surface area contributed by atoms with E-state index in [1.807, 2.05) is 55.5 Å². The number of likely N-dealkylation sites (tertiary alicyclic amines) is 2. The maximum atomic E-state index is 11.7. The van der Waals surface area contributed by atoms with E-state index in [0.717, 1.165) is 72.3 Å². The number of rotatable bonds is 17. The lowest BCUT2D eigenvalue weighted by Crippen LogP contribution is -2.46. The first-order valence-electron chi connectivity index (χ1n) is 19.7. The normalized spacial score (nSPS) is 15.4. The van der Waals surface area contributed by atoms with Crippen molar-refractivity contribution in [2.75, 3.05) is 45.9 Å². The van der Waals surface area contributed by atoms with Crippen LogP contribution in [0.25, 0.3) is 11.1 Å². The Labute approximate surface area is 354 Å². The molecular formula is C44H52Cl2N4O9. The summed E-state index contributed by atoms with van der Waals surface area (Å²) < 4.78 is 18.9. The Morgan fingerprint density at radius 3 is 2.25 bits per heavy atom. The van der Waals surface area contributed by atoms with Gasteiger partial charge in [-0.15, -0.1) is 0 Å². The molecule has 3 heterocycles. The Hall–Kier alpha value is -4.92. The van der Waals surface area contributed by atoms with E-state index in [4.69, 9.17) is 53.0 Å². The zero-order valence-electron chi connectivity index (χ0n) is 33.2. The van der Waals surface area contributed by atoms with Gasteiger partial charge in [0, 0.05) is 48.2 Å². The number of nitrogens with zero attached hydrogens (tertiary/aromatic N) is 3. The Morgan fingerprint density at radius 2 is 1.56 bits per heavy atom. The molecule has 6 rings (SSSR count). The summed E-state index contributed by atoms with van der Waals surface area (Å²) in [7, 11) is 0. The standard InChI is InChI=1S/C43H50Cl2N4O7.CH2O2/c1-29-31(8-5-9-34(29)35-10-6-11-37(40(35)45)54-19-7-16-48-17-12-43(28-50,13-18-48)42(52)53)27-56-39-22-38(55-26-30-20-32(41(46)51)24-47-23-30)33(21-36(39)44)25-49-14-3-2-4-15-49;2-1-3/h5-6,8-11,20-24,50H,2-4,7,12-19,25-28H2,1H3,(H2,46,51)(H,52,53);1H,(H,2,3). The van der Waals surface area contributed by atoms with Crippen LogP contribution in [-0.2, 0) is 29.3 Å². The molecule has 2 saturated heterocycles. The van der Waals surface area contributed by atoms with Gasteiger partial charge in [-0.25, -0.2) is 0 Å². The van der Waals surface area contributed by atoms with Gasteiger partial charge in [0.05, 0.1) is 34.2 Å². The predicted octanol–water partition coefficient (Wildman–Crippen LogP) is 7.24. The van der Waals surface area contributed by atoms with Crippen LogP contribution in [0.4, 0.5) is 0 Å². The van der Waals surface area contributed by atoms with Gasteiger partial charge in [-0.2, -0.15) is 0 Å². The molecule has 13 nitrogen and oxygen atoms in total. The van der Waals surface area contributed by atoms with E-state index in [9.17, 15) is 19.8 Å². The van der Waals surface area contributed by atoms with Gasteiger partial charge in [0.1, 0.15) is 30.5 Å². The molecule has 59 heavy (non-hydrogen) atoms. The van der Waals surface area contributed by atoms with Crippen molar-refractivity contribution in [3.8, 4) is 28.4 Å². The number of primary amides is 1. The van der Waals surface area contributed by atoms with Gasteiger partial charge in [-0.1, -0.05) is 60.0 Å². The average Bonchev–Trinajstić information content (AvgIpc) is 3.23. The maximum Gasteiger partial charge on any atom is 0.312 e. The van der Waals surface area contributed by atoms with E-state index in [1.165, 1.54) is 12.6 Å². The van der Waals surface area contributed by atoms with Crippen molar-refractivity contribution in [2.24, 2.45) is 11.1 Å². The first kappa shape index (κ1) is 45.2. The van der Waals surface area contributed by atoms with Crippen LogP contribution in [0.2, 0.25) is 10.0 Å². The summed E-state index contributed by atoms with van der Waals surface area (Å²) in [6, 6.07) is 17.2. The molecule has 0 unspecified atom stereocenters. The lowest BCUT2D eigenvalue weighted by molar-refractivity contribution is -0.155. The van der Waals surface area contributed by atoms with Crippen LogP contribution in [-0.4, -0.2) is 94.4 Å². The molecule has 316 valence electrons. The highest BCUT2D eigenvalue weighted by Gasteiger charge is 2.40. The van der Waals surface area contributed by atoms with Crippen molar-refractivity contribution < 1.29 is 43.9 Å². The molecule has 5 N–H and O–H groups in total. The topological polar surface area (TPSA) is 185 Å². The minimum absolute atomic E-state index is 0.186. The number of carbonyl (C=O) groups excluding carboxylic acids is 1. The Bertz CT molecular complexity index is 2050. The zero-order valence-corrected chi connectivity index (χ0v) is 34.7. The highest BCUT2D eigenvalue weighted by atomic mass is 35.5. The number of carboxylic acid groups (broad SMARTS) is 2. The van der Waals surface area contributed by atoms with Gasteiger partial charge in [-0.3, -0.25) is 24.3 Å². The number of pyridine rings is 1. The number of aromatic nitrogens is 1. The number of aliphatic carboxylic acids is 1. The number of carboxylic acids is 1. The van der Waals surface area contributed by atoms with E-state index >= 15 is 0 Å². The van der Waals surface area contributed by atoms with Crippen LogP contribution >= 0.6 is 23.2 Å². The second-order valence-electron chi connectivity index (χ2n) is 14.9. The molecule has 0 bridgehead atoms. The highest BCUT2D eigenvalue weighted by molar-refractivity contribution is 6.35. The van der Waals surface area contributed by atoms with Crippen molar-refractivity contribution in [3.63, 3.8) is 0 Å². The molecule has 2 aliphatic rings. The molecule has 0 spiro atoms. The molecule has 0 aliphatic carbocycles. The van der Waals surface area contributed by atoms with Crippen molar-refractivity contribution in [2.45, 2.75) is 65.2 Å². The number of piperidine rings is 2. The zero-order chi connectivity index (χ0) is 42.4. The quantitative estimate of drug-likeness (QED) is 0.0618. The van der Waals surface area contributed by atoms with Gasteiger partial charge in [0.2, 0.25) is 5.91 Å². The number of carbonyl (C=O) groups is 3. The molecule has 0 saturated carbocycles. The number of hydrogen-bond donors (Lipinski definition) is 4. The Balaban J connectivity index is 0.00000214. The second-order valence-corrected chi connectivity index (χ2v) is 15.6. The first-order chi connectivity index (χ1) is 28.5. The minimum Gasteiger partial charge on any atom is -0.492 e. The fourth-order valence-electron chi connectivity index (χ4n) is 7.40. The Morgan fingerprint density at radius 1 is 0.864 bits per heavy atom. The molecule has 15 heteroatoms. The summed E-state index contributed by atoms with van der Waals surface area (Å²) in [6.07, 6.45) is 8.24. The van der Waals surface area contributed by atoms with Crippen LogP contribution in [0.3, 0.4) is 0 Å². The number of benzene rings is 3. The van der Waals surface area contributed by atoms with E-state index < -0.39 is 17.3 Å². The number of aliphatic hydroxyl groups excluding tert-OH is 1. The SMILES string of the molecule is Cc1c(COc2cc(OCc3cncc(C(N)=O)c3)c(CN3CCCCC3)cc2Cl)cccc1-c1cccc(OCCCN2CCC(CO)(C(=O)O)CC2)c1Cl.O=CO. The lowest BCUT2D eigenvalue weighted by atomic mass is 9.79. The molecule has 2 aliphatic heterocycles. The molecule has 3 aromatic carbocycles. The van der Waals surface area contributed by atoms with E-state index in [0.29, 0.717) is 71.9 Å². The van der Waals surface area contributed by atoms with Crippen molar-refractivity contribution >= 4 is 41.6 Å². The molecule has 0 radical (unpaired) electrons. The van der Waals surface area contributed by atoms with Gasteiger partial charge in [0.25, 0.3) is 6.47 Å². The van der Waals surface area contributed by atoms with Gasteiger partial charge < -0.3 is 40.2 Å². The highest BCUT2D eigenvalue weighted by Crippen LogP contribution is 2.39. The number of nitrogens with two attached hydrogens (primary N) is 1. The molecule has 1 amide bonds. The summed E-state index contributed by atoms with van der Waals surface area (Å²) in [6.45, 7) is 7.08. The number of aliphatic hydroxyl groups is 1. The van der Waals surface area contributed by atoms with E-state index in [1.54, 1.807) is 12.3 Å². The van der Waals surface area contributed by atoms with Crippen LogP contribution in [0.1, 0.15) is 71.1 Å². The second kappa shape index (κ2) is 21.9. The molecule has 4 aromatic rings. The smallest absolute Gasteiger partial charge is 0.312 e. The van der Waals surface area contributed by atoms with Crippen molar-refractivity contribution in [1.82, 2.24) is 14.8 Å². The average molecular weight is 852 g/mol. The van der Waals surface area contributed by atoms with Crippen LogP contribution in [0, 0.1) is 12.3 Å². The number of amides is 1. The van der Waals surface area contributed by atoms with E-state index in [2.05, 4.69) is 14.8 Å². The van der Waals surface area contributed by atoms with Crippen molar-refractivity contribution in [3.05, 3.63) is 105 Å². The third kappa shape index (κ3) is 12.1. The third-order valence-electron chi connectivity index (χ3n) is 11.0. The van der Waals surface area contributed by atoms with Crippen molar-refractivity contribution in [1.29, 1.82) is 0 Å². The van der Waals surface area contributed by atoms with Crippen LogP contribution in [0.15, 0.2) is 67.0 Å². The summed E-state index contributed by atoms with van der Waals surface area (Å²) in [5.41, 5.74) is 10.2. The maximum absolute atomic E-state index is 11.7. The number of halogens is 2. The Kier molecular flexibility index (Phi) is 16.8. The minimum atomic E-state index is -1.03. The van der Waals surface area contributed by atoms with Crippen LogP contribution in [0.5, 0.6) is 17.2 Å². The van der Waals surface area contributed by atoms with Crippen LogP contribution < -0.4 is 19.9 Å². The lowest BCUT2D eigenvalue weighted by Gasteiger charge is -2.37. The van der Waals surface area contributed by atoms with Gasteiger partial charge in [-0.05, 0) is 100 Å². The molecular weight excluding hydrogens is 799 g/mol. The number of hydrogen-bond acceptors (Lipinski definition) is 10. The van der Waals surface area contributed by atoms with Gasteiger partial charge in [0.15, 0.2) is 0 Å². The predicted molar refractivity (Wildman–Crippen MR) is 225 cm³/mol. The summed E-state index contributed by atoms with van der Waals surface area (Å²) in [4.78, 5) is 40.5. The summed E-state index contributed by atoms with van der Waals surface area (Å²) in [5.74, 6) is 0.255. The first-order valence-corrected chi connectivity index (χ1v) is 20.4. The van der Waals surface area contributed by atoms with E-state index in [-0.39, 0.29) is 26.3 Å². The van der Waals surface area contributed by atoms with Gasteiger partial charge >= 0.3 is 5.97 Å². The monoisotopic (exact) mass is 850 g/mol. The fourth-order valence-corrected chi connectivity index (χ4v) is 7.92. The molecule has 2 fully saturated rings. The third-order valence-corrected chi connectivity index (χ3v) is 11.6. The summed E-state index contributed by atoms with van der Waals surface area (Å²) in [5, 5.41) is 27.1. The molecule has 0 atom stereocenters. The largest absolute Gasteiger partial charge is 0.492 e.